The number of aromatic nitrogens is 3. The summed E-state index contributed by atoms with van der Waals surface area (Å²) in [6.07, 6.45) is 3.88. The third-order valence-corrected chi connectivity index (χ3v) is 6.92. The lowest BCUT2D eigenvalue weighted by Gasteiger charge is -2.15. The van der Waals surface area contributed by atoms with Crippen molar-refractivity contribution >= 4 is 55.4 Å². The number of aryl methyl sites for hydroxylation is 1. The fourth-order valence-electron chi connectivity index (χ4n) is 4.05. The lowest BCUT2D eigenvalue weighted by Crippen LogP contribution is -2.13. The molecule has 0 unspecified atom stereocenters. The molecule has 7 nitrogen and oxygen atoms in total. The number of amides is 1. The molecule has 170 valence electrons. The number of nitrogens with one attached hydrogen (secondary N) is 1. The third kappa shape index (κ3) is 3.92. The molecule has 0 bridgehead atoms. The Morgan fingerprint density at radius 3 is 2.59 bits per heavy atom. The minimum Gasteiger partial charge on any atom is -0.382 e. The van der Waals surface area contributed by atoms with Gasteiger partial charge in [0, 0.05) is 48.6 Å². The van der Waals surface area contributed by atoms with Crippen LogP contribution in [0.15, 0.2) is 60.4 Å². The van der Waals surface area contributed by atoms with E-state index in [4.69, 9.17) is 5.73 Å². The Hall–Kier alpha value is -4.04. The van der Waals surface area contributed by atoms with Crippen LogP contribution in [0.4, 0.5) is 17.2 Å². The number of fused-ring (bicyclic) bond motifs is 2. The summed E-state index contributed by atoms with van der Waals surface area (Å²) in [6.45, 7) is 1.99. The maximum Gasteiger partial charge on any atom is 0.258 e. The molecule has 0 saturated heterocycles. The molecule has 0 radical (unpaired) electrons. The molecule has 0 spiro atoms. The number of hydrogen-bond donors (Lipinski definition) is 2. The molecule has 1 amide bonds. The van der Waals surface area contributed by atoms with Crippen LogP contribution in [-0.2, 0) is 6.42 Å². The molecule has 0 aliphatic heterocycles. The zero-order valence-corrected chi connectivity index (χ0v) is 20.0. The van der Waals surface area contributed by atoms with Crippen LogP contribution in [-0.4, -0.2) is 35.0 Å². The van der Waals surface area contributed by atoms with Crippen molar-refractivity contribution in [3.05, 3.63) is 82.8 Å². The van der Waals surface area contributed by atoms with Gasteiger partial charge in [-0.2, -0.15) is 0 Å². The van der Waals surface area contributed by atoms with Crippen molar-refractivity contribution in [1.29, 1.82) is 0 Å². The van der Waals surface area contributed by atoms with Gasteiger partial charge in [-0.3, -0.25) is 9.78 Å². The van der Waals surface area contributed by atoms with E-state index in [1.54, 1.807) is 11.6 Å². The predicted molar refractivity (Wildman–Crippen MR) is 140 cm³/mol. The molecule has 8 heteroatoms. The number of anilines is 3. The summed E-state index contributed by atoms with van der Waals surface area (Å²) in [6, 6.07) is 14.5. The van der Waals surface area contributed by atoms with Crippen molar-refractivity contribution in [2.75, 3.05) is 30.0 Å². The fourth-order valence-corrected chi connectivity index (χ4v) is 4.95. The van der Waals surface area contributed by atoms with Gasteiger partial charge in [0.1, 0.15) is 12.1 Å². The molecule has 3 heterocycles. The van der Waals surface area contributed by atoms with Gasteiger partial charge in [-0.05, 0) is 36.2 Å². The van der Waals surface area contributed by atoms with E-state index in [1.807, 2.05) is 33.2 Å². The second kappa shape index (κ2) is 8.72. The van der Waals surface area contributed by atoms with Gasteiger partial charge in [-0.1, -0.05) is 24.3 Å². The number of rotatable bonds is 5. The lowest BCUT2D eigenvalue weighted by atomic mass is 10.00. The summed E-state index contributed by atoms with van der Waals surface area (Å²) < 4.78 is 0.717. The van der Waals surface area contributed by atoms with Gasteiger partial charge >= 0.3 is 0 Å². The van der Waals surface area contributed by atoms with Gasteiger partial charge in [0.2, 0.25) is 0 Å². The number of nitrogens with two attached hydrogens (primary N) is 1. The van der Waals surface area contributed by atoms with E-state index in [0.717, 1.165) is 33.4 Å². The number of hydrogen-bond acceptors (Lipinski definition) is 7. The largest absolute Gasteiger partial charge is 0.382 e. The van der Waals surface area contributed by atoms with Crippen molar-refractivity contribution in [1.82, 2.24) is 15.0 Å². The average molecular weight is 469 g/mol. The van der Waals surface area contributed by atoms with Crippen LogP contribution in [0, 0.1) is 6.92 Å². The highest BCUT2D eigenvalue weighted by Crippen LogP contribution is 2.32. The first kappa shape index (κ1) is 21.8. The fraction of sp³-hybridized carbons (Fsp3) is 0.154. The number of carbonyl (C=O) groups is 1. The van der Waals surface area contributed by atoms with Crippen molar-refractivity contribution < 1.29 is 4.79 Å². The van der Waals surface area contributed by atoms with E-state index in [9.17, 15) is 4.79 Å². The maximum atomic E-state index is 13.2. The van der Waals surface area contributed by atoms with Crippen LogP contribution in [0.25, 0.3) is 21.0 Å². The van der Waals surface area contributed by atoms with Gasteiger partial charge in [-0.25, -0.2) is 9.97 Å². The summed E-state index contributed by atoms with van der Waals surface area (Å²) in [5.41, 5.74) is 12.0. The highest BCUT2D eigenvalue weighted by Gasteiger charge is 2.18. The molecule has 0 atom stereocenters. The van der Waals surface area contributed by atoms with Crippen molar-refractivity contribution in [2.24, 2.45) is 0 Å². The molecular formula is C26H24N6OS. The van der Waals surface area contributed by atoms with Gasteiger partial charge in [0.15, 0.2) is 0 Å². The first-order valence-electron chi connectivity index (χ1n) is 10.8. The van der Waals surface area contributed by atoms with Gasteiger partial charge in [0.05, 0.1) is 27.2 Å². The monoisotopic (exact) mass is 468 g/mol. The summed E-state index contributed by atoms with van der Waals surface area (Å²) >= 11 is 1.37. The Kier molecular flexibility index (Phi) is 5.59. The van der Waals surface area contributed by atoms with E-state index in [0.29, 0.717) is 28.0 Å². The zero-order valence-electron chi connectivity index (χ0n) is 19.2. The highest BCUT2D eigenvalue weighted by molar-refractivity contribution is 7.18. The predicted octanol–water partition coefficient (Wildman–Crippen LogP) is 5.04. The van der Waals surface area contributed by atoms with Crippen molar-refractivity contribution in [2.45, 2.75) is 13.3 Å². The second-order valence-corrected chi connectivity index (χ2v) is 9.27. The molecule has 5 rings (SSSR count). The van der Waals surface area contributed by atoms with E-state index in [2.05, 4.69) is 55.5 Å². The number of benzene rings is 2. The Morgan fingerprint density at radius 2 is 1.82 bits per heavy atom. The lowest BCUT2D eigenvalue weighted by molar-refractivity contribution is 0.102. The first-order chi connectivity index (χ1) is 16.4. The Labute approximate surface area is 201 Å². The Morgan fingerprint density at radius 1 is 1.03 bits per heavy atom. The molecule has 3 N–H and O–H groups in total. The molecule has 0 aliphatic carbocycles. The smallest absolute Gasteiger partial charge is 0.258 e. The van der Waals surface area contributed by atoms with Crippen LogP contribution < -0.4 is 16.0 Å². The van der Waals surface area contributed by atoms with E-state index < -0.39 is 0 Å². The molecule has 34 heavy (non-hydrogen) atoms. The van der Waals surface area contributed by atoms with Gasteiger partial charge < -0.3 is 16.0 Å². The summed E-state index contributed by atoms with van der Waals surface area (Å²) in [5, 5.41) is 6.86. The van der Waals surface area contributed by atoms with Crippen LogP contribution in [0.1, 0.15) is 27.2 Å². The number of nitrogen functional groups attached to an aromatic ring is 1. The van der Waals surface area contributed by atoms with E-state index >= 15 is 0 Å². The molecule has 0 aliphatic rings. The van der Waals surface area contributed by atoms with Gasteiger partial charge in [0.25, 0.3) is 5.91 Å². The SMILES string of the molecule is Cc1ccc2c(Cc3ccc(N(C)C)cc3)nccc2c1NC(=O)c1csc2c(N)ncnc12. The summed E-state index contributed by atoms with van der Waals surface area (Å²) in [4.78, 5) is 28.3. The highest BCUT2D eigenvalue weighted by atomic mass is 32.1. The topological polar surface area (TPSA) is 97.0 Å². The van der Waals surface area contributed by atoms with Crippen molar-refractivity contribution in [3.63, 3.8) is 0 Å². The molecule has 5 aromatic rings. The third-order valence-electron chi connectivity index (χ3n) is 5.92. The molecule has 3 aromatic heterocycles. The standard InChI is InChI=1S/C26H24N6OS/c1-15-4-9-18-19(10-11-28-21(18)12-16-5-7-17(8-6-16)32(2)3)22(15)31-26(33)20-13-34-24-23(20)29-14-30-25(24)27/h4-11,13-14H,12H2,1-3H3,(H,31,33)(H2,27,29,30). The molecule has 0 fully saturated rings. The van der Waals surface area contributed by atoms with Crippen LogP contribution in [0.5, 0.6) is 0 Å². The van der Waals surface area contributed by atoms with Crippen LogP contribution in [0.2, 0.25) is 0 Å². The maximum absolute atomic E-state index is 13.2. The van der Waals surface area contributed by atoms with Crippen molar-refractivity contribution in [3.8, 4) is 0 Å². The number of carbonyl (C=O) groups excluding carboxylic acids is 1. The number of pyridine rings is 1. The first-order valence-corrected chi connectivity index (χ1v) is 11.7. The second-order valence-electron chi connectivity index (χ2n) is 8.39. The average Bonchev–Trinajstić information content (AvgIpc) is 3.27. The molecule has 0 saturated carbocycles. The number of nitrogens with zero attached hydrogens (tertiary/aromatic N) is 4. The Balaban J connectivity index is 1.50. The zero-order chi connectivity index (χ0) is 23.8. The van der Waals surface area contributed by atoms with Crippen LogP contribution in [0.3, 0.4) is 0 Å². The minimum atomic E-state index is -0.224. The quantitative estimate of drug-likeness (QED) is 0.375. The van der Waals surface area contributed by atoms with Crippen LogP contribution >= 0.6 is 11.3 Å². The van der Waals surface area contributed by atoms with E-state index in [1.165, 1.54) is 23.2 Å². The summed E-state index contributed by atoms with van der Waals surface area (Å²) in [5.74, 6) is 0.155. The van der Waals surface area contributed by atoms with E-state index in [-0.39, 0.29) is 5.91 Å². The minimum absolute atomic E-state index is 0.224. The normalized spacial score (nSPS) is 11.1. The molecule has 2 aromatic carbocycles. The van der Waals surface area contributed by atoms with Gasteiger partial charge in [-0.15, -0.1) is 11.3 Å². The number of thiophene rings is 1. The summed E-state index contributed by atoms with van der Waals surface area (Å²) in [7, 11) is 4.06. The molecular weight excluding hydrogens is 444 g/mol. The Bertz CT molecular complexity index is 1520.